The van der Waals surface area contributed by atoms with Crippen LogP contribution < -0.4 is 5.32 Å². The Bertz CT molecular complexity index is 788. The lowest BCUT2D eigenvalue weighted by molar-refractivity contribution is -0.155. The molecule has 2 aromatic rings. The predicted octanol–water partition coefficient (Wildman–Crippen LogP) is 2.52. The van der Waals surface area contributed by atoms with E-state index in [-0.39, 0.29) is 17.9 Å². The van der Waals surface area contributed by atoms with E-state index in [1.165, 1.54) is 7.11 Å². The van der Waals surface area contributed by atoms with Crippen molar-refractivity contribution in [3.63, 3.8) is 0 Å². The summed E-state index contributed by atoms with van der Waals surface area (Å²) < 4.78 is 5.02. The number of rotatable bonds is 6. The molecule has 0 saturated carbocycles. The van der Waals surface area contributed by atoms with Crippen LogP contribution in [0.3, 0.4) is 0 Å². The number of ether oxygens (including phenoxy) is 1. The fourth-order valence-electron chi connectivity index (χ4n) is 3.63. The summed E-state index contributed by atoms with van der Waals surface area (Å²) in [6, 6.07) is 13.5. The molecule has 0 spiro atoms. The highest BCUT2D eigenvalue weighted by atomic mass is 16.5. The van der Waals surface area contributed by atoms with E-state index in [1.807, 2.05) is 18.2 Å². The molecule has 26 heavy (non-hydrogen) atoms. The average Bonchev–Trinajstić information content (AvgIpc) is 2.67. The lowest BCUT2D eigenvalue weighted by atomic mass is 9.99. The van der Waals surface area contributed by atoms with Gasteiger partial charge in [-0.15, -0.1) is 0 Å². The Morgan fingerprint density at radius 3 is 2.77 bits per heavy atom. The third kappa shape index (κ3) is 3.88. The van der Waals surface area contributed by atoms with E-state index in [9.17, 15) is 9.59 Å². The van der Waals surface area contributed by atoms with Gasteiger partial charge >= 0.3 is 5.97 Å². The topological polar surface area (TPSA) is 58.6 Å². The van der Waals surface area contributed by atoms with E-state index in [1.54, 1.807) is 4.90 Å². The molecule has 1 N–H and O–H groups in total. The van der Waals surface area contributed by atoms with Gasteiger partial charge in [-0.3, -0.25) is 4.79 Å². The van der Waals surface area contributed by atoms with E-state index in [0.717, 1.165) is 29.2 Å². The van der Waals surface area contributed by atoms with Gasteiger partial charge in [0.25, 0.3) is 0 Å². The molecule has 1 amide bonds. The molecule has 0 radical (unpaired) electrons. The van der Waals surface area contributed by atoms with E-state index in [2.05, 4.69) is 36.5 Å². The van der Waals surface area contributed by atoms with Gasteiger partial charge in [0, 0.05) is 19.5 Å². The van der Waals surface area contributed by atoms with Gasteiger partial charge < -0.3 is 15.0 Å². The van der Waals surface area contributed by atoms with Crippen LogP contribution in [-0.4, -0.2) is 49.1 Å². The van der Waals surface area contributed by atoms with Gasteiger partial charge in [-0.25, -0.2) is 4.79 Å². The molecule has 5 nitrogen and oxygen atoms in total. The molecule has 2 aromatic carbocycles. The molecule has 1 heterocycles. The number of nitrogens with zero attached hydrogens (tertiary/aromatic N) is 1. The molecule has 138 valence electrons. The van der Waals surface area contributed by atoms with Crippen molar-refractivity contribution in [2.75, 3.05) is 20.2 Å². The van der Waals surface area contributed by atoms with Crippen LogP contribution in [-0.2, 0) is 20.7 Å². The molecule has 5 heteroatoms. The SMILES string of the molecule is CCC[C@@H]1NCCN([C@@H](Cc2ccc3ccccc3c2)C(=O)OC)C1=O. The van der Waals surface area contributed by atoms with Crippen LogP contribution in [0.5, 0.6) is 0 Å². The Balaban J connectivity index is 1.85. The Kier molecular flexibility index (Phi) is 5.89. The van der Waals surface area contributed by atoms with Gasteiger partial charge in [0.05, 0.1) is 13.2 Å². The number of piperazine rings is 1. The predicted molar refractivity (Wildman–Crippen MR) is 102 cm³/mol. The Hall–Kier alpha value is -2.40. The molecule has 0 bridgehead atoms. The zero-order chi connectivity index (χ0) is 18.5. The maximum Gasteiger partial charge on any atom is 0.328 e. The minimum atomic E-state index is -0.588. The van der Waals surface area contributed by atoms with Crippen LogP contribution in [0.15, 0.2) is 42.5 Å². The van der Waals surface area contributed by atoms with Crippen molar-refractivity contribution in [3.05, 3.63) is 48.0 Å². The first-order valence-corrected chi connectivity index (χ1v) is 9.23. The molecule has 1 aliphatic rings. The van der Waals surface area contributed by atoms with E-state index >= 15 is 0 Å². The molecular formula is C21H26N2O3. The third-order valence-electron chi connectivity index (χ3n) is 4.99. The summed E-state index contributed by atoms with van der Waals surface area (Å²) in [4.78, 5) is 27.0. The van der Waals surface area contributed by atoms with Crippen LogP contribution in [0.1, 0.15) is 25.3 Å². The van der Waals surface area contributed by atoms with Crippen molar-refractivity contribution in [1.82, 2.24) is 10.2 Å². The molecule has 1 fully saturated rings. The summed E-state index contributed by atoms with van der Waals surface area (Å²) in [5.41, 5.74) is 1.03. The van der Waals surface area contributed by atoms with Crippen LogP contribution in [0.4, 0.5) is 0 Å². The van der Waals surface area contributed by atoms with Gasteiger partial charge in [0.1, 0.15) is 6.04 Å². The van der Waals surface area contributed by atoms with Crippen molar-refractivity contribution in [3.8, 4) is 0 Å². The molecule has 3 rings (SSSR count). The molecule has 0 aromatic heterocycles. The average molecular weight is 354 g/mol. The van der Waals surface area contributed by atoms with Gasteiger partial charge in [0.15, 0.2) is 0 Å². The number of nitrogens with one attached hydrogen (secondary N) is 1. The fourth-order valence-corrected chi connectivity index (χ4v) is 3.63. The first kappa shape index (κ1) is 18.4. The smallest absolute Gasteiger partial charge is 0.328 e. The summed E-state index contributed by atoms with van der Waals surface area (Å²) in [5.74, 6) is -0.363. The molecule has 2 atom stereocenters. The number of benzene rings is 2. The largest absolute Gasteiger partial charge is 0.467 e. The van der Waals surface area contributed by atoms with Gasteiger partial charge in [-0.1, -0.05) is 55.8 Å². The van der Waals surface area contributed by atoms with Crippen LogP contribution >= 0.6 is 0 Å². The first-order chi connectivity index (χ1) is 12.6. The molecule has 0 unspecified atom stereocenters. The van der Waals surface area contributed by atoms with Gasteiger partial charge in [-0.05, 0) is 22.8 Å². The molecule has 0 aliphatic carbocycles. The standard InChI is InChI=1S/C21H26N2O3/c1-3-6-18-20(24)23(12-11-22-18)19(21(25)26-2)14-15-9-10-16-7-4-5-8-17(16)13-15/h4-5,7-10,13,18-19,22H,3,6,11-12,14H2,1-2H3/t18-,19-/m0/s1. The second-order valence-electron chi connectivity index (χ2n) is 6.75. The van der Waals surface area contributed by atoms with Crippen molar-refractivity contribution >= 4 is 22.6 Å². The van der Waals surface area contributed by atoms with Crippen LogP contribution in [0.25, 0.3) is 10.8 Å². The summed E-state index contributed by atoms with van der Waals surface area (Å²) >= 11 is 0. The lowest BCUT2D eigenvalue weighted by Crippen LogP contribution is -2.60. The maximum absolute atomic E-state index is 12.8. The normalized spacial score (nSPS) is 18.8. The van der Waals surface area contributed by atoms with E-state index in [0.29, 0.717) is 19.5 Å². The van der Waals surface area contributed by atoms with Gasteiger partial charge in [0.2, 0.25) is 5.91 Å². The second-order valence-corrected chi connectivity index (χ2v) is 6.75. The molecular weight excluding hydrogens is 328 g/mol. The summed E-state index contributed by atoms with van der Waals surface area (Å²) in [7, 11) is 1.38. The molecule has 1 aliphatic heterocycles. The summed E-state index contributed by atoms with van der Waals surface area (Å²) in [6.45, 7) is 3.27. The van der Waals surface area contributed by atoms with Crippen LogP contribution in [0, 0.1) is 0 Å². The number of methoxy groups -OCH3 is 1. The molecule has 1 saturated heterocycles. The Morgan fingerprint density at radius 1 is 1.27 bits per heavy atom. The van der Waals surface area contributed by atoms with Gasteiger partial charge in [-0.2, -0.15) is 0 Å². The highest BCUT2D eigenvalue weighted by molar-refractivity contribution is 5.89. The number of esters is 1. The number of carbonyl (C=O) groups excluding carboxylic acids is 2. The number of amides is 1. The van der Waals surface area contributed by atoms with Crippen LogP contribution in [0.2, 0.25) is 0 Å². The minimum Gasteiger partial charge on any atom is -0.467 e. The highest BCUT2D eigenvalue weighted by Gasteiger charge is 2.36. The number of hydrogen-bond acceptors (Lipinski definition) is 4. The first-order valence-electron chi connectivity index (χ1n) is 9.23. The number of hydrogen-bond donors (Lipinski definition) is 1. The van der Waals surface area contributed by atoms with E-state index in [4.69, 9.17) is 4.74 Å². The number of fused-ring (bicyclic) bond motifs is 1. The summed E-state index contributed by atoms with van der Waals surface area (Å²) in [5, 5.41) is 5.54. The number of carbonyl (C=O) groups is 2. The minimum absolute atomic E-state index is 0.00529. The van der Waals surface area contributed by atoms with E-state index < -0.39 is 6.04 Å². The van der Waals surface area contributed by atoms with Crippen molar-refractivity contribution in [2.24, 2.45) is 0 Å². The lowest BCUT2D eigenvalue weighted by Gasteiger charge is -2.37. The Morgan fingerprint density at radius 2 is 2.04 bits per heavy atom. The zero-order valence-corrected chi connectivity index (χ0v) is 15.4. The monoisotopic (exact) mass is 354 g/mol. The second kappa shape index (κ2) is 8.32. The Labute approximate surface area is 154 Å². The van der Waals surface area contributed by atoms with Crippen molar-refractivity contribution in [1.29, 1.82) is 0 Å². The fraction of sp³-hybridized carbons (Fsp3) is 0.429. The highest BCUT2D eigenvalue weighted by Crippen LogP contribution is 2.20. The quantitative estimate of drug-likeness (QED) is 0.810. The third-order valence-corrected chi connectivity index (χ3v) is 4.99. The van der Waals surface area contributed by atoms with Crippen molar-refractivity contribution < 1.29 is 14.3 Å². The van der Waals surface area contributed by atoms with Crippen molar-refractivity contribution in [2.45, 2.75) is 38.3 Å². The summed E-state index contributed by atoms with van der Waals surface area (Å²) in [6.07, 6.45) is 2.16. The zero-order valence-electron chi connectivity index (χ0n) is 15.4. The maximum atomic E-state index is 12.8.